The van der Waals surface area contributed by atoms with E-state index in [9.17, 15) is 4.79 Å². The average molecular weight is 301 g/mol. The van der Waals surface area contributed by atoms with Crippen molar-refractivity contribution < 1.29 is 4.79 Å². The highest BCUT2D eigenvalue weighted by Crippen LogP contribution is 2.31. The molecule has 0 bridgehead atoms. The van der Waals surface area contributed by atoms with Gasteiger partial charge in [-0.2, -0.15) is 17.0 Å². The molecule has 0 spiro atoms. The van der Waals surface area contributed by atoms with Gasteiger partial charge in [-0.15, -0.1) is 11.3 Å². The number of carbonyl (C=O) groups is 1. The molecule has 0 fully saturated rings. The summed E-state index contributed by atoms with van der Waals surface area (Å²) in [5.41, 5.74) is 1.76. The molecular weight excluding hydrogens is 290 g/mol. The summed E-state index contributed by atoms with van der Waals surface area (Å²) in [5.74, 6) is 2.46. The summed E-state index contributed by atoms with van der Waals surface area (Å²) in [6, 6.07) is 7.25. The van der Waals surface area contributed by atoms with Gasteiger partial charge in [-0.25, -0.2) is 4.98 Å². The fraction of sp³-hybridized carbons (Fsp3) is 0.214. The van der Waals surface area contributed by atoms with Gasteiger partial charge in [-0.05, 0) is 35.9 Å². The second-order valence-electron chi connectivity index (χ2n) is 4.36. The molecule has 100 valence electrons. The maximum atomic E-state index is 12.2. The van der Waals surface area contributed by atoms with Crippen molar-refractivity contribution >= 4 is 34.8 Å². The van der Waals surface area contributed by atoms with Crippen LogP contribution in [0.4, 0.5) is 5.82 Å². The molecule has 4 nitrogen and oxygen atoms in total. The van der Waals surface area contributed by atoms with E-state index in [0.29, 0.717) is 11.4 Å². The van der Waals surface area contributed by atoms with E-state index in [4.69, 9.17) is 5.26 Å². The number of rotatable bonds is 2. The standard InChI is InChI=1S/C14H11N3OS2/c15-6-9-1-2-13(16-7-9)17-14(18)12-5-10-8-19-4-3-11(10)20-12/h1-2,5,7H,3-4,8H2,(H,16,17,18). The quantitative estimate of drug-likeness (QED) is 0.926. The summed E-state index contributed by atoms with van der Waals surface area (Å²) in [7, 11) is 0. The van der Waals surface area contributed by atoms with Gasteiger partial charge < -0.3 is 5.32 Å². The van der Waals surface area contributed by atoms with Crippen LogP contribution in [0.1, 0.15) is 25.7 Å². The summed E-state index contributed by atoms with van der Waals surface area (Å²) in [6.07, 6.45) is 2.50. The van der Waals surface area contributed by atoms with Crippen molar-refractivity contribution in [2.75, 3.05) is 11.1 Å². The van der Waals surface area contributed by atoms with E-state index >= 15 is 0 Å². The van der Waals surface area contributed by atoms with E-state index in [2.05, 4.69) is 10.3 Å². The number of aryl methyl sites for hydroxylation is 1. The first-order valence-corrected chi connectivity index (χ1v) is 8.10. The van der Waals surface area contributed by atoms with Gasteiger partial charge >= 0.3 is 0 Å². The largest absolute Gasteiger partial charge is 0.306 e. The van der Waals surface area contributed by atoms with E-state index in [1.165, 1.54) is 16.6 Å². The predicted molar refractivity (Wildman–Crippen MR) is 81.1 cm³/mol. The van der Waals surface area contributed by atoms with Crippen molar-refractivity contribution in [3.8, 4) is 6.07 Å². The molecule has 3 heterocycles. The van der Waals surface area contributed by atoms with Crippen LogP contribution in [0.25, 0.3) is 0 Å². The summed E-state index contributed by atoms with van der Waals surface area (Å²) in [6.45, 7) is 0. The molecule has 0 radical (unpaired) electrons. The lowest BCUT2D eigenvalue weighted by Gasteiger charge is -2.08. The number of carbonyl (C=O) groups excluding carboxylic acids is 1. The first-order valence-electron chi connectivity index (χ1n) is 6.13. The lowest BCUT2D eigenvalue weighted by atomic mass is 10.2. The highest BCUT2D eigenvalue weighted by Gasteiger charge is 2.17. The van der Waals surface area contributed by atoms with Crippen LogP contribution in [0.2, 0.25) is 0 Å². The van der Waals surface area contributed by atoms with Crippen LogP contribution < -0.4 is 5.32 Å². The molecule has 0 saturated heterocycles. The Bertz CT molecular complexity index is 662. The molecule has 0 saturated carbocycles. The Balaban J connectivity index is 1.75. The van der Waals surface area contributed by atoms with Crippen LogP contribution in [0.3, 0.4) is 0 Å². The van der Waals surface area contributed by atoms with Gasteiger partial charge in [0.15, 0.2) is 0 Å². The summed E-state index contributed by atoms with van der Waals surface area (Å²) in [5, 5.41) is 11.5. The first kappa shape index (κ1) is 13.2. The summed E-state index contributed by atoms with van der Waals surface area (Å²) >= 11 is 3.47. The number of hydrogen-bond donors (Lipinski definition) is 1. The minimum Gasteiger partial charge on any atom is -0.306 e. The predicted octanol–water partition coefficient (Wildman–Crippen LogP) is 3.06. The number of thioether (sulfide) groups is 1. The van der Waals surface area contributed by atoms with E-state index in [1.54, 1.807) is 23.5 Å². The number of nitrogens with zero attached hydrogens (tertiary/aromatic N) is 2. The molecule has 1 amide bonds. The van der Waals surface area contributed by atoms with Crippen molar-refractivity contribution in [1.29, 1.82) is 5.26 Å². The molecule has 6 heteroatoms. The maximum Gasteiger partial charge on any atom is 0.266 e. The van der Waals surface area contributed by atoms with E-state index < -0.39 is 0 Å². The smallest absolute Gasteiger partial charge is 0.266 e. The number of anilines is 1. The number of fused-ring (bicyclic) bond motifs is 1. The zero-order valence-electron chi connectivity index (χ0n) is 10.5. The molecule has 0 aliphatic carbocycles. The first-order chi connectivity index (χ1) is 9.76. The monoisotopic (exact) mass is 301 g/mol. The number of nitriles is 1. The second-order valence-corrected chi connectivity index (χ2v) is 6.60. The molecule has 2 aromatic heterocycles. The molecule has 1 aliphatic rings. The van der Waals surface area contributed by atoms with Crippen LogP contribution in [0.15, 0.2) is 24.4 Å². The molecule has 2 aromatic rings. The van der Waals surface area contributed by atoms with Gasteiger partial charge in [0.25, 0.3) is 5.91 Å². The van der Waals surface area contributed by atoms with Crippen LogP contribution in [0.5, 0.6) is 0 Å². The topological polar surface area (TPSA) is 65.8 Å². The van der Waals surface area contributed by atoms with E-state index in [0.717, 1.165) is 22.8 Å². The third-order valence-corrected chi connectivity index (χ3v) is 5.23. The highest BCUT2D eigenvalue weighted by molar-refractivity contribution is 7.98. The molecule has 20 heavy (non-hydrogen) atoms. The van der Waals surface area contributed by atoms with Gasteiger partial charge in [-0.3, -0.25) is 4.79 Å². The second kappa shape index (κ2) is 5.65. The van der Waals surface area contributed by atoms with Gasteiger partial charge in [-0.1, -0.05) is 0 Å². The Labute approximate surface area is 124 Å². The molecule has 0 aromatic carbocycles. The Morgan fingerprint density at radius 2 is 2.35 bits per heavy atom. The molecule has 3 rings (SSSR count). The third-order valence-electron chi connectivity index (χ3n) is 2.99. The molecule has 1 N–H and O–H groups in total. The molecule has 0 unspecified atom stereocenters. The summed E-state index contributed by atoms with van der Waals surface area (Å²) in [4.78, 5) is 18.3. The number of nitrogens with one attached hydrogen (secondary N) is 1. The zero-order valence-corrected chi connectivity index (χ0v) is 12.2. The van der Waals surface area contributed by atoms with E-state index in [1.807, 2.05) is 23.9 Å². The van der Waals surface area contributed by atoms with Crippen LogP contribution in [0, 0.1) is 11.3 Å². The molecule has 1 aliphatic heterocycles. The van der Waals surface area contributed by atoms with Gasteiger partial charge in [0.1, 0.15) is 11.9 Å². The van der Waals surface area contributed by atoms with Crippen LogP contribution in [-0.4, -0.2) is 16.6 Å². The Morgan fingerprint density at radius 3 is 3.05 bits per heavy atom. The molecular formula is C14H11N3OS2. The van der Waals surface area contributed by atoms with Crippen molar-refractivity contribution in [2.24, 2.45) is 0 Å². The van der Waals surface area contributed by atoms with Crippen molar-refractivity contribution in [1.82, 2.24) is 4.98 Å². The van der Waals surface area contributed by atoms with Crippen molar-refractivity contribution in [2.45, 2.75) is 12.2 Å². The number of thiophene rings is 1. The SMILES string of the molecule is N#Cc1ccc(NC(=O)c2cc3c(s2)CCSC3)nc1. The summed E-state index contributed by atoms with van der Waals surface area (Å²) < 4.78 is 0. The van der Waals surface area contributed by atoms with Gasteiger partial charge in [0, 0.05) is 16.8 Å². The van der Waals surface area contributed by atoms with Crippen molar-refractivity contribution in [3.63, 3.8) is 0 Å². The number of amides is 1. The van der Waals surface area contributed by atoms with Crippen LogP contribution >= 0.6 is 23.1 Å². The lowest BCUT2D eigenvalue weighted by molar-refractivity contribution is 0.103. The minimum absolute atomic E-state index is 0.133. The third kappa shape index (κ3) is 2.69. The lowest BCUT2D eigenvalue weighted by Crippen LogP contribution is -2.11. The number of hydrogen-bond acceptors (Lipinski definition) is 5. The number of pyridine rings is 1. The average Bonchev–Trinajstić information content (AvgIpc) is 2.92. The fourth-order valence-corrected chi connectivity index (χ4v) is 4.24. The fourth-order valence-electron chi connectivity index (χ4n) is 1.97. The molecule has 0 atom stereocenters. The Morgan fingerprint density at radius 1 is 1.45 bits per heavy atom. The van der Waals surface area contributed by atoms with Gasteiger partial charge in [0.05, 0.1) is 10.4 Å². The van der Waals surface area contributed by atoms with E-state index in [-0.39, 0.29) is 5.91 Å². The normalized spacial score (nSPS) is 13.3. The number of aromatic nitrogens is 1. The van der Waals surface area contributed by atoms with Crippen molar-refractivity contribution in [3.05, 3.63) is 45.3 Å². The zero-order chi connectivity index (χ0) is 13.9. The maximum absolute atomic E-state index is 12.2. The van der Waals surface area contributed by atoms with Crippen LogP contribution in [-0.2, 0) is 12.2 Å². The Hall–Kier alpha value is -1.84. The van der Waals surface area contributed by atoms with Gasteiger partial charge in [0.2, 0.25) is 0 Å². The Kier molecular flexibility index (Phi) is 3.72. The highest BCUT2D eigenvalue weighted by atomic mass is 32.2. The minimum atomic E-state index is -0.133.